The Bertz CT molecular complexity index is 1400. The second kappa shape index (κ2) is 14.6. The highest BCUT2D eigenvalue weighted by Gasteiger charge is 2.13. The molecule has 200 valence electrons. The molecule has 0 radical (unpaired) electrons. The molecule has 0 amide bonds. The van der Waals surface area contributed by atoms with Gasteiger partial charge < -0.3 is 14.2 Å². The van der Waals surface area contributed by atoms with Crippen molar-refractivity contribution < 1.29 is 28.6 Å². The number of ether oxygens (including phenoxy) is 3. The highest BCUT2D eigenvalue weighted by molar-refractivity contribution is 7.99. The summed E-state index contributed by atoms with van der Waals surface area (Å²) < 4.78 is 16.0. The van der Waals surface area contributed by atoms with Gasteiger partial charge in [-0.2, -0.15) is 0 Å². The Morgan fingerprint density at radius 2 is 1.44 bits per heavy atom. The van der Waals surface area contributed by atoms with Gasteiger partial charge in [-0.05, 0) is 112 Å². The smallest absolute Gasteiger partial charge is 0.343 e. The van der Waals surface area contributed by atoms with Gasteiger partial charge in [0.1, 0.15) is 11.5 Å². The maximum Gasteiger partial charge on any atom is 0.343 e. The highest BCUT2D eigenvalue weighted by Crippen LogP contribution is 2.25. The predicted molar refractivity (Wildman–Crippen MR) is 152 cm³/mol. The van der Waals surface area contributed by atoms with E-state index in [9.17, 15) is 14.4 Å². The lowest BCUT2D eigenvalue weighted by Gasteiger charge is -2.09. The monoisotopic (exact) mass is 542 g/mol. The number of unbranched alkanes of at least 4 members (excludes halogenated alkanes) is 1. The summed E-state index contributed by atoms with van der Waals surface area (Å²) >= 11 is 1.68. The summed E-state index contributed by atoms with van der Waals surface area (Å²) in [7, 11) is 0. The van der Waals surface area contributed by atoms with E-state index in [4.69, 9.17) is 14.2 Å². The molecule has 3 aromatic carbocycles. The van der Waals surface area contributed by atoms with Crippen LogP contribution in [-0.2, 0) is 9.53 Å². The van der Waals surface area contributed by atoms with Crippen LogP contribution in [0.2, 0.25) is 0 Å². The van der Waals surface area contributed by atoms with Crippen molar-refractivity contribution in [3.63, 3.8) is 0 Å². The molecule has 0 spiro atoms. The average molecular weight is 543 g/mol. The standard InChI is InChI=1S/C32H30O6S/c1-5-8-24-9-14-27(15-10-24)37-31(34)25-11-16-28(17-12-25)38-32(35)26-13-18-29(23(4)21-26)39-20-7-6-19-36-30(33)22(2)3/h9-18,21H,2,6-7,19-20H2,1,3-4H3. The molecule has 0 aromatic heterocycles. The van der Waals surface area contributed by atoms with Gasteiger partial charge in [0.2, 0.25) is 0 Å². The summed E-state index contributed by atoms with van der Waals surface area (Å²) in [4.78, 5) is 37.6. The molecule has 0 aliphatic heterocycles. The van der Waals surface area contributed by atoms with Gasteiger partial charge in [0.05, 0.1) is 17.7 Å². The predicted octanol–water partition coefficient (Wildman–Crippen LogP) is 6.80. The van der Waals surface area contributed by atoms with Crippen LogP contribution in [0.15, 0.2) is 83.8 Å². The van der Waals surface area contributed by atoms with Crippen molar-refractivity contribution in [1.82, 2.24) is 0 Å². The van der Waals surface area contributed by atoms with Gasteiger partial charge in [-0.15, -0.1) is 17.7 Å². The first kappa shape index (κ1) is 29.3. The van der Waals surface area contributed by atoms with Crippen LogP contribution in [0.25, 0.3) is 0 Å². The van der Waals surface area contributed by atoms with Crippen molar-refractivity contribution in [3.05, 3.63) is 101 Å². The first-order valence-electron chi connectivity index (χ1n) is 12.4. The van der Waals surface area contributed by atoms with Crippen LogP contribution in [-0.4, -0.2) is 30.3 Å². The Morgan fingerprint density at radius 1 is 0.846 bits per heavy atom. The molecule has 0 saturated heterocycles. The van der Waals surface area contributed by atoms with Crippen LogP contribution in [0.5, 0.6) is 11.5 Å². The number of hydrogen-bond acceptors (Lipinski definition) is 7. The molecule has 7 heteroatoms. The van der Waals surface area contributed by atoms with Gasteiger partial charge in [0.15, 0.2) is 0 Å². The average Bonchev–Trinajstić information content (AvgIpc) is 2.92. The van der Waals surface area contributed by atoms with Crippen LogP contribution in [0.1, 0.15) is 58.5 Å². The normalized spacial score (nSPS) is 10.1. The van der Waals surface area contributed by atoms with Crippen molar-refractivity contribution in [2.24, 2.45) is 0 Å². The molecule has 0 aliphatic carbocycles. The minimum atomic E-state index is -0.515. The maximum atomic E-state index is 12.7. The van der Waals surface area contributed by atoms with Crippen LogP contribution in [0, 0.1) is 18.8 Å². The van der Waals surface area contributed by atoms with Crippen molar-refractivity contribution in [2.75, 3.05) is 12.4 Å². The van der Waals surface area contributed by atoms with E-state index in [2.05, 4.69) is 18.4 Å². The lowest BCUT2D eigenvalue weighted by atomic mass is 10.1. The number of esters is 3. The molecule has 0 fully saturated rings. The van der Waals surface area contributed by atoms with Crippen molar-refractivity contribution in [3.8, 4) is 23.3 Å². The molecule has 0 unspecified atom stereocenters. The number of hydrogen-bond donors (Lipinski definition) is 0. The van der Waals surface area contributed by atoms with Crippen LogP contribution < -0.4 is 9.47 Å². The Morgan fingerprint density at radius 3 is 2.03 bits per heavy atom. The molecule has 0 heterocycles. The summed E-state index contributed by atoms with van der Waals surface area (Å²) in [6.45, 7) is 9.26. The van der Waals surface area contributed by atoms with E-state index < -0.39 is 11.9 Å². The number of benzene rings is 3. The molecule has 6 nitrogen and oxygen atoms in total. The fourth-order valence-electron chi connectivity index (χ4n) is 3.35. The third kappa shape index (κ3) is 9.20. The molecule has 3 aromatic rings. The summed E-state index contributed by atoms with van der Waals surface area (Å²) in [6.07, 6.45) is 1.66. The van der Waals surface area contributed by atoms with Crippen molar-refractivity contribution >= 4 is 29.7 Å². The van der Waals surface area contributed by atoms with Gasteiger partial charge in [0.25, 0.3) is 0 Å². The quantitative estimate of drug-likeness (QED) is 0.0659. The molecular formula is C32H30O6S. The van der Waals surface area contributed by atoms with E-state index in [1.165, 1.54) is 0 Å². The third-order valence-corrected chi connectivity index (χ3v) is 6.69. The molecule has 0 saturated carbocycles. The fraction of sp³-hybridized carbons (Fsp3) is 0.219. The molecule has 0 atom stereocenters. The zero-order chi connectivity index (χ0) is 28.2. The minimum Gasteiger partial charge on any atom is -0.462 e. The first-order valence-corrected chi connectivity index (χ1v) is 13.4. The van der Waals surface area contributed by atoms with Crippen LogP contribution in [0.4, 0.5) is 0 Å². The summed E-state index contributed by atoms with van der Waals surface area (Å²) in [5.41, 5.74) is 2.97. The van der Waals surface area contributed by atoms with Crippen molar-refractivity contribution in [2.45, 2.75) is 38.5 Å². The summed E-state index contributed by atoms with van der Waals surface area (Å²) in [5.74, 6) is 5.98. The fourth-order valence-corrected chi connectivity index (χ4v) is 4.37. The first-order chi connectivity index (χ1) is 18.8. The lowest BCUT2D eigenvalue weighted by Crippen LogP contribution is -2.10. The maximum absolute atomic E-state index is 12.7. The second-order valence-corrected chi connectivity index (χ2v) is 9.79. The molecule has 0 bridgehead atoms. The van der Waals surface area contributed by atoms with Gasteiger partial charge in [-0.25, -0.2) is 14.4 Å². The molecular weight excluding hydrogens is 512 g/mol. The zero-order valence-corrected chi connectivity index (χ0v) is 23.1. The number of carbonyl (C=O) groups excluding carboxylic acids is 3. The van der Waals surface area contributed by atoms with E-state index >= 15 is 0 Å². The Labute approximate surface area is 233 Å². The second-order valence-electron chi connectivity index (χ2n) is 8.65. The van der Waals surface area contributed by atoms with Crippen LogP contribution in [0.3, 0.4) is 0 Å². The SMILES string of the molecule is C=C(C)C(=O)OCCCCSc1ccc(C(=O)Oc2ccc(C(=O)Oc3ccc(C#CC)cc3)cc2)cc1C. The number of rotatable bonds is 11. The Kier molecular flexibility index (Phi) is 11.0. The molecule has 3 rings (SSSR count). The minimum absolute atomic E-state index is 0.322. The molecule has 0 aliphatic rings. The Hall–Kier alpha value is -4.28. The van der Waals surface area contributed by atoms with Gasteiger partial charge in [0, 0.05) is 16.0 Å². The van der Waals surface area contributed by atoms with E-state index in [1.807, 2.05) is 13.0 Å². The van der Waals surface area contributed by atoms with Crippen LogP contribution >= 0.6 is 11.8 Å². The van der Waals surface area contributed by atoms with E-state index in [0.717, 1.165) is 34.6 Å². The summed E-state index contributed by atoms with van der Waals surface area (Å²) in [6, 6.07) is 18.6. The topological polar surface area (TPSA) is 78.9 Å². The van der Waals surface area contributed by atoms with Crippen molar-refractivity contribution in [1.29, 1.82) is 0 Å². The largest absolute Gasteiger partial charge is 0.462 e. The summed E-state index contributed by atoms with van der Waals surface area (Å²) in [5, 5.41) is 0. The van der Waals surface area contributed by atoms with E-state index in [-0.39, 0.29) is 5.97 Å². The zero-order valence-electron chi connectivity index (χ0n) is 22.2. The number of carbonyl (C=O) groups is 3. The third-order valence-electron chi connectivity index (χ3n) is 5.42. The number of aryl methyl sites for hydroxylation is 1. The van der Waals surface area contributed by atoms with Gasteiger partial charge in [-0.3, -0.25) is 0 Å². The van der Waals surface area contributed by atoms with E-state index in [1.54, 1.807) is 86.3 Å². The molecule has 39 heavy (non-hydrogen) atoms. The lowest BCUT2D eigenvalue weighted by molar-refractivity contribution is -0.139. The van der Waals surface area contributed by atoms with Gasteiger partial charge in [-0.1, -0.05) is 12.5 Å². The van der Waals surface area contributed by atoms with E-state index in [0.29, 0.717) is 34.8 Å². The number of thioether (sulfide) groups is 1. The highest BCUT2D eigenvalue weighted by atomic mass is 32.2. The molecule has 0 N–H and O–H groups in total. The Balaban J connectivity index is 1.48. The van der Waals surface area contributed by atoms with Gasteiger partial charge >= 0.3 is 17.9 Å².